The molecule has 2 atom stereocenters. The van der Waals surface area contributed by atoms with E-state index in [1.54, 1.807) is 0 Å². The van der Waals surface area contributed by atoms with E-state index in [4.69, 9.17) is 4.74 Å². The summed E-state index contributed by atoms with van der Waals surface area (Å²) in [5.41, 5.74) is 4.06. The molecule has 21 heavy (non-hydrogen) atoms. The zero-order valence-electron chi connectivity index (χ0n) is 12.8. The largest absolute Gasteiger partial charge is 0.493 e. The minimum atomic E-state index is 0.310. The standard InChI is InChI=1S/C19H23NO/c1-3-14-9-11-15(12-10-14)19(20-4-2)17-13-21-18-8-6-5-7-16(17)18/h5-12,17,19-20H,3-4,13H2,1-2H3. The third-order valence-corrected chi connectivity index (χ3v) is 4.31. The van der Waals surface area contributed by atoms with Crippen molar-refractivity contribution in [1.29, 1.82) is 0 Å². The van der Waals surface area contributed by atoms with Crippen molar-refractivity contribution < 1.29 is 4.74 Å². The van der Waals surface area contributed by atoms with Gasteiger partial charge in [0.15, 0.2) is 0 Å². The van der Waals surface area contributed by atoms with Crippen molar-refractivity contribution in [2.45, 2.75) is 32.2 Å². The topological polar surface area (TPSA) is 21.3 Å². The number of benzene rings is 2. The number of ether oxygens (including phenoxy) is 1. The quantitative estimate of drug-likeness (QED) is 0.891. The number of rotatable bonds is 5. The van der Waals surface area contributed by atoms with Gasteiger partial charge in [0.2, 0.25) is 0 Å². The summed E-state index contributed by atoms with van der Waals surface area (Å²) in [5, 5.41) is 3.64. The van der Waals surface area contributed by atoms with Gasteiger partial charge in [-0.25, -0.2) is 0 Å². The maximum absolute atomic E-state index is 5.86. The van der Waals surface area contributed by atoms with Gasteiger partial charge in [0.1, 0.15) is 5.75 Å². The van der Waals surface area contributed by atoms with E-state index in [-0.39, 0.29) is 0 Å². The molecule has 0 saturated heterocycles. The maximum Gasteiger partial charge on any atom is 0.122 e. The molecule has 0 saturated carbocycles. The van der Waals surface area contributed by atoms with Crippen LogP contribution in [-0.2, 0) is 6.42 Å². The highest BCUT2D eigenvalue weighted by Crippen LogP contribution is 2.41. The van der Waals surface area contributed by atoms with E-state index < -0.39 is 0 Å². The molecule has 0 fully saturated rings. The lowest BCUT2D eigenvalue weighted by Gasteiger charge is -2.24. The molecule has 1 aliphatic rings. The van der Waals surface area contributed by atoms with Gasteiger partial charge in [0.05, 0.1) is 6.61 Å². The van der Waals surface area contributed by atoms with Gasteiger partial charge >= 0.3 is 0 Å². The number of aryl methyl sites for hydroxylation is 1. The SMILES string of the molecule is CCNC(c1ccc(CC)cc1)C1COc2ccccc21. The summed E-state index contributed by atoms with van der Waals surface area (Å²) in [4.78, 5) is 0. The Morgan fingerprint density at radius 3 is 2.57 bits per heavy atom. The smallest absolute Gasteiger partial charge is 0.122 e. The first kappa shape index (κ1) is 14.2. The lowest BCUT2D eigenvalue weighted by molar-refractivity contribution is 0.301. The van der Waals surface area contributed by atoms with Gasteiger partial charge in [-0.2, -0.15) is 0 Å². The average molecular weight is 281 g/mol. The summed E-state index contributed by atoms with van der Waals surface area (Å²) >= 11 is 0. The summed E-state index contributed by atoms with van der Waals surface area (Å²) in [7, 11) is 0. The van der Waals surface area contributed by atoms with Gasteiger partial charge in [-0.15, -0.1) is 0 Å². The Balaban J connectivity index is 1.91. The zero-order chi connectivity index (χ0) is 14.7. The van der Waals surface area contributed by atoms with Gasteiger partial charge < -0.3 is 10.1 Å². The minimum Gasteiger partial charge on any atom is -0.493 e. The Labute approximate surface area is 127 Å². The van der Waals surface area contributed by atoms with Crippen LogP contribution in [0.25, 0.3) is 0 Å². The van der Waals surface area contributed by atoms with E-state index >= 15 is 0 Å². The van der Waals surface area contributed by atoms with Crippen LogP contribution in [0.1, 0.15) is 42.5 Å². The summed E-state index contributed by atoms with van der Waals surface area (Å²) in [6.45, 7) is 6.07. The first-order chi connectivity index (χ1) is 10.3. The Bertz CT molecular complexity index is 591. The molecule has 2 unspecified atom stereocenters. The van der Waals surface area contributed by atoms with Crippen molar-refractivity contribution in [3.05, 3.63) is 65.2 Å². The molecule has 0 amide bonds. The molecule has 1 heterocycles. The predicted octanol–water partition coefficient (Wildman–Crippen LogP) is 4.08. The first-order valence-electron chi connectivity index (χ1n) is 7.87. The van der Waals surface area contributed by atoms with Crippen LogP contribution in [0.5, 0.6) is 5.75 Å². The highest BCUT2D eigenvalue weighted by Gasteiger charge is 2.31. The molecule has 2 aromatic rings. The monoisotopic (exact) mass is 281 g/mol. The fourth-order valence-electron chi connectivity index (χ4n) is 3.14. The van der Waals surface area contributed by atoms with Crippen molar-refractivity contribution in [3.8, 4) is 5.75 Å². The van der Waals surface area contributed by atoms with E-state index in [0.717, 1.165) is 25.3 Å². The Kier molecular flexibility index (Phi) is 4.26. The van der Waals surface area contributed by atoms with Crippen LogP contribution >= 0.6 is 0 Å². The molecule has 110 valence electrons. The molecule has 2 nitrogen and oxygen atoms in total. The van der Waals surface area contributed by atoms with Crippen LogP contribution in [-0.4, -0.2) is 13.2 Å². The molecule has 1 N–H and O–H groups in total. The van der Waals surface area contributed by atoms with Crippen LogP contribution in [0.15, 0.2) is 48.5 Å². The molecule has 2 aromatic carbocycles. The third-order valence-electron chi connectivity index (χ3n) is 4.31. The second-order valence-corrected chi connectivity index (χ2v) is 5.59. The van der Waals surface area contributed by atoms with Crippen molar-refractivity contribution in [1.82, 2.24) is 5.32 Å². The van der Waals surface area contributed by atoms with E-state index in [9.17, 15) is 0 Å². The van der Waals surface area contributed by atoms with E-state index in [2.05, 4.69) is 61.6 Å². The highest BCUT2D eigenvalue weighted by atomic mass is 16.5. The number of nitrogens with one attached hydrogen (secondary N) is 1. The average Bonchev–Trinajstić information content (AvgIpc) is 2.97. The Hall–Kier alpha value is -1.80. The maximum atomic E-state index is 5.86. The lowest BCUT2D eigenvalue weighted by Crippen LogP contribution is -2.28. The summed E-state index contributed by atoms with van der Waals surface area (Å²) in [6.07, 6.45) is 1.08. The van der Waals surface area contributed by atoms with Crippen molar-refractivity contribution >= 4 is 0 Å². The van der Waals surface area contributed by atoms with Crippen molar-refractivity contribution in [3.63, 3.8) is 0 Å². The first-order valence-corrected chi connectivity index (χ1v) is 7.87. The molecule has 0 radical (unpaired) electrons. The highest BCUT2D eigenvalue weighted by molar-refractivity contribution is 5.42. The van der Waals surface area contributed by atoms with Crippen LogP contribution in [0.2, 0.25) is 0 Å². The molecule has 1 aliphatic heterocycles. The number of fused-ring (bicyclic) bond motifs is 1. The van der Waals surface area contributed by atoms with Gasteiger partial charge in [-0.3, -0.25) is 0 Å². The van der Waals surface area contributed by atoms with Gasteiger partial charge in [0, 0.05) is 17.5 Å². The normalized spacial score (nSPS) is 18.1. The molecular formula is C19H23NO. The van der Waals surface area contributed by atoms with Gasteiger partial charge in [-0.05, 0) is 30.2 Å². The molecule has 0 spiro atoms. The molecule has 3 rings (SSSR count). The Morgan fingerprint density at radius 1 is 1.10 bits per heavy atom. The minimum absolute atomic E-state index is 0.310. The predicted molar refractivity (Wildman–Crippen MR) is 86.9 cm³/mol. The lowest BCUT2D eigenvalue weighted by atomic mass is 9.88. The summed E-state index contributed by atoms with van der Waals surface area (Å²) in [6, 6.07) is 17.7. The molecular weight excluding hydrogens is 258 g/mol. The summed E-state index contributed by atoms with van der Waals surface area (Å²) in [5.74, 6) is 1.42. The second-order valence-electron chi connectivity index (χ2n) is 5.59. The van der Waals surface area contributed by atoms with Crippen LogP contribution in [0, 0.1) is 0 Å². The number of likely N-dealkylation sites (N-methyl/N-ethyl adjacent to an activating group) is 1. The van der Waals surface area contributed by atoms with E-state index in [1.165, 1.54) is 16.7 Å². The van der Waals surface area contributed by atoms with Crippen LogP contribution in [0.4, 0.5) is 0 Å². The second kappa shape index (κ2) is 6.31. The van der Waals surface area contributed by atoms with Gasteiger partial charge in [0.25, 0.3) is 0 Å². The van der Waals surface area contributed by atoms with Crippen molar-refractivity contribution in [2.75, 3.05) is 13.2 Å². The number of para-hydroxylation sites is 1. The van der Waals surface area contributed by atoms with Crippen molar-refractivity contribution in [2.24, 2.45) is 0 Å². The fourth-order valence-corrected chi connectivity index (χ4v) is 3.14. The number of hydrogen-bond donors (Lipinski definition) is 1. The molecule has 0 bridgehead atoms. The zero-order valence-corrected chi connectivity index (χ0v) is 12.8. The van der Waals surface area contributed by atoms with E-state index in [1.807, 2.05) is 6.07 Å². The molecule has 2 heteroatoms. The van der Waals surface area contributed by atoms with Crippen LogP contribution in [0.3, 0.4) is 0 Å². The van der Waals surface area contributed by atoms with Gasteiger partial charge in [-0.1, -0.05) is 56.3 Å². The molecule has 0 aliphatic carbocycles. The van der Waals surface area contributed by atoms with E-state index in [0.29, 0.717) is 12.0 Å². The molecule has 0 aromatic heterocycles. The number of hydrogen-bond acceptors (Lipinski definition) is 2. The fraction of sp³-hybridized carbons (Fsp3) is 0.368. The summed E-state index contributed by atoms with van der Waals surface area (Å²) < 4.78 is 5.86. The van der Waals surface area contributed by atoms with Crippen LogP contribution < -0.4 is 10.1 Å². The Morgan fingerprint density at radius 2 is 1.86 bits per heavy atom. The third kappa shape index (κ3) is 2.81.